The zero-order chi connectivity index (χ0) is 24.9. The molecule has 1 aromatic carbocycles. The number of carbonyl (C=O) groups excluding carboxylic acids is 2. The summed E-state index contributed by atoms with van der Waals surface area (Å²) < 4.78 is 7.21. The van der Waals surface area contributed by atoms with Crippen LogP contribution in [0.4, 0.5) is 5.69 Å². The van der Waals surface area contributed by atoms with E-state index in [9.17, 15) is 9.59 Å². The van der Waals surface area contributed by atoms with Crippen LogP contribution in [0.15, 0.2) is 36.0 Å². The average Bonchev–Trinajstić information content (AvgIpc) is 3.62. The van der Waals surface area contributed by atoms with Crippen molar-refractivity contribution < 1.29 is 14.3 Å². The van der Waals surface area contributed by atoms with Crippen LogP contribution in [-0.4, -0.2) is 92.7 Å². The predicted molar refractivity (Wildman–Crippen MR) is 134 cm³/mol. The van der Waals surface area contributed by atoms with E-state index in [1.807, 2.05) is 40.3 Å². The number of nitrogens with zero attached hydrogens (tertiary/aromatic N) is 8. The number of piperidine rings is 1. The smallest absolute Gasteiger partial charge is 0.273 e. The highest BCUT2D eigenvalue weighted by Crippen LogP contribution is 2.32. The van der Waals surface area contributed by atoms with Gasteiger partial charge in [0, 0.05) is 50.6 Å². The van der Waals surface area contributed by atoms with Gasteiger partial charge in [0.05, 0.1) is 17.3 Å². The summed E-state index contributed by atoms with van der Waals surface area (Å²) in [5.74, 6) is 1.15. The van der Waals surface area contributed by atoms with Crippen LogP contribution in [0.5, 0.6) is 5.75 Å². The largest absolute Gasteiger partial charge is 0.492 e. The zero-order valence-electron chi connectivity index (χ0n) is 20.3. The lowest BCUT2D eigenvalue weighted by Crippen LogP contribution is -2.49. The van der Waals surface area contributed by atoms with Gasteiger partial charge in [0.2, 0.25) is 5.91 Å². The van der Waals surface area contributed by atoms with E-state index in [2.05, 4.69) is 26.5 Å². The van der Waals surface area contributed by atoms with Gasteiger partial charge in [-0.3, -0.25) is 9.59 Å². The molecule has 36 heavy (non-hydrogen) atoms. The van der Waals surface area contributed by atoms with Crippen molar-refractivity contribution in [2.45, 2.75) is 32.2 Å². The van der Waals surface area contributed by atoms with Crippen LogP contribution in [0.2, 0.25) is 0 Å². The van der Waals surface area contributed by atoms with E-state index < -0.39 is 0 Å². The van der Waals surface area contributed by atoms with E-state index in [4.69, 9.17) is 9.72 Å². The molecular weight excluding hydrogens is 480 g/mol. The van der Waals surface area contributed by atoms with E-state index in [0.717, 1.165) is 42.4 Å². The molecule has 0 N–H and O–H groups in total. The molecule has 11 nitrogen and oxygen atoms in total. The second-order valence-electron chi connectivity index (χ2n) is 8.91. The first-order valence-corrected chi connectivity index (χ1v) is 13.2. The number of para-hydroxylation sites is 2. The van der Waals surface area contributed by atoms with E-state index in [-0.39, 0.29) is 24.3 Å². The minimum atomic E-state index is -0.00991. The van der Waals surface area contributed by atoms with Crippen LogP contribution in [0, 0.1) is 0 Å². The van der Waals surface area contributed by atoms with Gasteiger partial charge in [0.15, 0.2) is 0 Å². The Labute approximate surface area is 213 Å². The van der Waals surface area contributed by atoms with E-state index in [1.165, 1.54) is 11.0 Å². The molecule has 12 heteroatoms. The third kappa shape index (κ3) is 5.32. The van der Waals surface area contributed by atoms with Gasteiger partial charge in [-0.05, 0) is 42.3 Å². The summed E-state index contributed by atoms with van der Waals surface area (Å²) in [5.41, 5.74) is 1.60. The van der Waals surface area contributed by atoms with Crippen LogP contribution in [0.25, 0.3) is 0 Å². The van der Waals surface area contributed by atoms with Crippen molar-refractivity contribution in [3.05, 3.63) is 46.7 Å². The molecule has 2 aliphatic rings. The van der Waals surface area contributed by atoms with E-state index in [0.29, 0.717) is 38.5 Å². The number of likely N-dealkylation sites (tertiary alicyclic amines) is 1. The van der Waals surface area contributed by atoms with E-state index in [1.54, 1.807) is 11.3 Å². The summed E-state index contributed by atoms with van der Waals surface area (Å²) in [6.07, 6.45) is 3.11. The zero-order valence-corrected chi connectivity index (χ0v) is 21.1. The van der Waals surface area contributed by atoms with Crippen molar-refractivity contribution in [2.24, 2.45) is 0 Å². The lowest BCUT2D eigenvalue weighted by atomic mass is 9.97. The highest BCUT2D eigenvalue weighted by atomic mass is 32.1. The monoisotopic (exact) mass is 510 g/mol. The lowest BCUT2D eigenvalue weighted by molar-refractivity contribution is -0.133. The maximum Gasteiger partial charge on any atom is 0.273 e. The molecule has 0 radical (unpaired) electrons. The Hall–Kier alpha value is -3.54. The summed E-state index contributed by atoms with van der Waals surface area (Å²) in [7, 11) is 0. The number of carbonyl (C=O) groups is 2. The third-order valence-corrected chi connectivity index (χ3v) is 7.71. The number of aromatic nitrogens is 5. The molecule has 5 rings (SSSR count). The first kappa shape index (κ1) is 24.2. The number of piperazine rings is 1. The average molecular weight is 511 g/mol. The molecule has 0 bridgehead atoms. The third-order valence-electron chi connectivity index (χ3n) is 6.70. The van der Waals surface area contributed by atoms with Gasteiger partial charge < -0.3 is 19.4 Å². The summed E-state index contributed by atoms with van der Waals surface area (Å²) in [6, 6.07) is 8.05. The van der Waals surface area contributed by atoms with Crippen molar-refractivity contribution in [2.75, 3.05) is 50.8 Å². The number of rotatable bonds is 7. The highest BCUT2D eigenvalue weighted by molar-refractivity contribution is 7.09. The highest BCUT2D eigenvalue weighted by Gasteiger charge is 2.29. The Morgan fingerprint density at radius 3 is 2.56 bits per heavy atom. The minimum Gasteiger partial charge on any atom is -0.492 e. The summed E-state index contributed by atoms with van der Waals surface area (Å²) in [5, 5.41) is 13.8. The standard InChI is InChI=1S/C24H30N8O3S/c1-2-35-21-6-4-3-5-20(21)29-11-13-31(14-12-29)24(34)19-16-36-23(26-19)18-7-9-30(10-8-18)22(33)15-32-17-25-27-28-32/h3-6,16-18H,2,7-15H2,1H3. The molecule has 0 unspecified atom stereocenters. The number of ether oxygens (including phenoxy) is 1. The fourth-order valence-electron chi connectivity index (χ4n) is 4.75. The number of hydrogen-bond acceptors (Lipinski definition) is 9. The number of thiazole rings is 1. The lowest BCUT2D eigenvalue weighted by Gasteiger charge is -2.36. The van der Waals surface area contributed by atoms with Crippen molar-refractivity contribution in [3.63, 3.8) is 0 Å². The maximum absolute atomic E-state index is 13.2. The Bertz CT molecular complexity index is 1170. The molecule has 2 amide bonds. The van der Waals surface area contributed by atoms with Gasteiger partial charge in [-0.15, -0.1) is 16.4 Å². The van der Waals surface area contributed by atoms with Crippen LogP contribution in [0.3, 0.4) is 0 Å². The van der Waals surface area contributed by atoms with Crippen molar-refractivity contribution >= 4 is 28.8 Å². The van der Waals surface area contributed by atoms with Crippen LogP contribution >= 0.6 is 11.3 Å². The molecule has 2 saturated heterocycles. The number of tetrazole rings is 1. The topological polar surface area (TPSA) is 110 Å². The second kappa shape index (κ2) is 11.0. The first-order chi connectivity index (χ1) is 17.6. The number of benzene rings is 1. The molecule has 2 aliphatic heterocycles. The van der Waals surface area contributed by atoms with Crippen LogP contribution in [0.1, 0.15) is 41.2 Å². The Morgan fingerprint density at radius 2 is 1.83 bits per heavy atom. The van der Waals surface area contributed by atoms with Gasteiger partial charge in [-0.2, -0.15) is 0 Å². The normalized spacial score (nSPS) is 16.9. The molecule has 3 aromatic rings. The number of hydrogen-bond donors (Lipinski definition) is 0. The quantitative estimate of drug-likeness (QED) is 0.474. The Kier molecular flexibility index (Phi) is 7.40. The molecule has 0 saturated carbocycles. The molecule has 190 valence electrons. The second-order valence-corrected chi connectivity index (χ2v) is 9.80. The van der Waals surface area contributed by atoms with Crippen LogP contribution < -0.4 is 9.64 Å². The van der Waals surface area contributed by atoms with Crippen molar-refractivity contribution in [1.29, 1.82) is 0 Å². The molecule has 0 spiro atoms. The fraction of sp³-hybridized carbons (Fsp3) is 0.500. The molecule has 4 heterocycles. The minimum absolute atomic E-state index is 0.00991. The van der Waals surface area contributed by atoms with Gasteiger partial charge in [0.1, 0.15) is 24.3 Å². The van der Waals surface area contributed by atoms with Crippen molar-refractivity contribution in [3.8, 4) is 5.75 Å². The predicted octanol–water partition coefficient (Wildman–Crippen LogP) is 1.90. The fourth-order valence-corrected chi connectivity index (χ4v) is 5.71. The van der Waals surface area contributed by atoms with Crippen molar-refractivity contribution in [1.82, 2.24) is 35.0 Å². The molecule has 0 aliphatic carbocycles. The molecular formula is C24H30N8O3S. The molecule has 0 atom stereocenters. The molecule has 2 aromatic heterocycles. The van der Waals surface area contributed by atoms with E-state index >= 15 is 0 Å². The van der Waals surface area contributed by atoms with Crippen LogP contribution in [-0.2, 0) is 11.3 Å². The molecule has 2 fully saturated rings. The van der Waals surface area contributed by atoms with Gasteiger partial charge >= 0.3 is 0 Å². The number of amides is 2. The maximum atomic E-state index is 13.2. The van der Waals surface area contributed by atoms with Gasteiger partial charge in [-0.25, -0.2) is 9.67 Å². The summed E-state index contributed by atoms with van der Waals surface area (Å²) in [4.78, 5) is 36.4. The SMILES string of the molecule is CCOc1ccccc1N1CCN(C(=O)c2csc(C3CCN(C(=O)Cn4cnnn4)CC3)n2)CC1. The number of anilines is 1. The summed E-state index contributed by atoms with van der Waals surface area (Å²) in [6.45, 7) is 6.89. The van der Waals surface area contributed by atoms with Gasteiger partial charge in [-0.1, -0.05) is 12.1 Å². The first-order valence-electron chi connectivity index (χ1n) is 12.3. The van der Waals surface area contributed by atoms with Gasteiger partial charge in [0.25, 0.3) is 5.91 Å². The Morgan fingerprint density at radius 1 is 1.06 bits per heavy atom. The Balaban J connectivity index is 1.13. The summed E-state index contributed by atoms with van der Waals surface area (Å²) >= 11 is 1.55.